The first kappa shape index (κ1) is 19.5. The van der Waals surface area contributed by atoms with Gasteiger partial charge < -0.3 is 19.7 Å². The van der Waals surface area contributed by atoms with Crippen LogP contribution >= 0.6 is 11.6 Å². The summed E-state index contributed by atoms with van der Waals surface area (Å²) in [6.07, 6.45) is 0. The lowest BCUT2D eigenvalue weighted by Crippen LogP contribution is -2.48. The maximum absolute atomic E-state index is 12.5. The van der Waals surface area contributed by atoms with Crippen LogP contribution in [0, 0.1) is 0 Å². The van der Waals surface area contributed by atoms with Crippen LogP contribution < -0.4 is 10.1 Å². The number of likely N-dealkylation sites (N-methyl/N-ethyl adjacent to an activating group) is 1. The molecular weight excluding hydrogens is 346 g/mol. The smallest absolute Gasteiger partial charge is 0.241 e. The molecule has 0 radical (unpaired) electrons. The predicted molar refractivity (Wildman–Crippen MR) is 96.1 cm³/mol. The van der Waals surface area contributed by atoms with E-state index in [-0.39, 0.29) is 18.4 Å². The van der Waals surface area contributed by atoms with E-state index in [2.05, 4.69) is 5.32 Å². The Morgan fingerprint density at radius 3 is 2.72 bits per heavy atom. The van der Waals surface area contributed by atoms with E-state index in [9.17, 15) is 9.59 Å². The summed E-state index contributed by atoms with van der Waals surface area (Å²) in [5.74, 6) is 0.278. The Morgan fingerprint density at radius 1 is 1.40 bits per heavy atom. The van der Waals surface area contributed by atoms with Crippen molar-refractivity contribution in [3.63, 3.8) is 0 Å². The lowest BCUT2D eigenvalue weighted by Gasteiger charge is -2.30. The second-order valence-corrected chi connectivity index (χ2v) is 6.35. The Hall–Kier alpha value is -1.83. The number of halogens is 1. The minimum atomic E-state index is -0.492. The molecule has 1 aromatic rings. The molecule has 0 saturated carbocycles. The number of nitrogens with one attached hydrogen (secondary N) is 1. The number of hydrogen-bond donors (Lipinski definition) is 1. The number of carbonyl (C=O) groups is 2. The second-order valence-electron chi connectivity index (χ2n) is 5.92. The lowest BCUT2D eigenvalue weighted by atomic mass is 10.2. The molecular formula is C17H24ClN3O4. The standard InChI is InChI=1S/C17H24ClN3O4/c1-12(20(2)11-16(22)21-6-8-25-9-7-21)17(23)19-14-10-13(18)4-5-15(14)24-3/h4-5,10,12H,6-9,11H2,1-3H3,(H,19,23)/t12-/m1/s1. The van der Waals surface area contributed by atoms with Crippen molar-refractivity contribution in [1.29, 1.82) is 0 Å². The normalized spacial score (nSPS) is 15.8. The maximum Gasteiger partial charge on any atom is 0.241 e. The molecule has 1 saturated heterocycles. The van der Waals surface area contributed by atoms with Crippen molar-refractivity contribution < 1.29 is 19.1 Å². The molecule has 1 aliphatic rings. The Morgan fingerprint density at radius 2 is 2.08 bits per heavy atom. The van der Waals surface area contributed by atoms with Crippen LogP contribution in [0.15, 0.2) is 18.2 Å². The second kappa shape index (κ2) is 9.03. The molecule has 0 spiro atoms. The number of nitrogens with zero attached hydrogens (tertiary/aromatic N) is 2. The summed E-state index contributed by atoms with van der Waals surface area (Å²) >= 11 is 5.98. The Balaban J connectivity index is 1.94. The largest absolute Gasteiger partial charge is 0.495 e. The molecule has 0 unspecified atom stereocenters. The maximum atomic E-state index is 12.5. The lowest BCUT2D eigenvalue weighted by molar-refractivity contribution is -0.137. The number of morpholine rings is 1. The monoisotopic (exact) mass is 369 g/mol. The first-order chi connectivity index (χ1) is 11.9. The summed E-state index contributed by atoms with van der Waals surface area (Å²) in [5, 5.41) is 3.30. The van der Waals surface area contributed by atoms with Gasteiger partial charge in [0.2, 0.25) is 11.8 Å². The van der Waals surface area contributed by atoms with Gasteiger partial charge in [0.05, 0.1) is 38.6 Å². The van der Waals surface area contributed by atoms with Crippen molar-refractivity contribution in [2.75, 3.05) is 52.3 Å². The van der Waals surface area contributed by atoms with Gasteiger partial charge in [-0.2, -0.15) is 0 Å². The molecule has 1 atom stereocenters. The molecule has 1 fully saturated rings. The molecule has 7 nitrogen and oxygen atoms in total. The van der Waals surface area contributed by atoms with Crippen molar-refractivity contribution in [3.05, 3.63) is 23.2 Å². The fraction of sp³-hybridized carbons (Fsp3) is 0.529. The fourth-order valence-corrected chi connectivity index (χ4v) is 2.65. The van der Waals surface area contributed by atoms with Crippen LogP contribution in [-0.4, -0.2) is 74.7 Å². The third-order valence-corrected chi connectivity index (χ3v) is 4.44. The van der Waals surface area contributed by atoms with Gasteiger partial charge >= 0.3 is 0 Å². The number of methoxy groups -OCH3 is 1. The Labute approximate surface area is 152 Å². The highest BCUT2D eigenvalue weighted by Gasteiger charge is 2.24. The third kappa shape index (κ3) is 5.32. The van der Waals surface area contributed by atoms with Crippen LogP contribution in [0.4, 0.5) is 5.69 Å². The molecule has 138 valence electrons. The molecule has 0 aliphatic carbocycles. The van der Waals surface area contributed by atoms with Gasteiger partial charge in [0.1, 0.15) is 5.75 Å². The van der Waals surface area contributed by atoms with Gasteiger partial charge in [-0.05, 0) is 32.2 Å². The number of carbonyl (C=O) groups excluding carboxylic acids is 2. The molecule has 2 rings (SSSR count). The van der Waals surface area contributed by atoms with E-state index in [4.69, 9.17) is 21.1 Å². The van der Waals surface area contributed by atoms with Crippen LogP contribution in [0.2, 0.25) is 5.02 Å². The van der Waals surface area contributed by atoms with Crippen LogP contribution in [-0.2, 0) is 14.3 Å². The number of ether oxygens (including phenoxy) is 2. The number of anilines is 1. The first-order valence-corrected chi connectivity index (χ1v) is 8.50. The molecule has 8 heteroatoms. The molecule has 0 bridgehead atoms. The molecule has 1 aromatic carbocycles. The molecule has 0 aromatic heterocycles. The van der Waals surface area contributed by atoms with Crippen molar-refractivity contribution in [2.24, 2.45) is 0 Å². The zero-order valence-electron chi connectivity index (χ0n) is 14.8. The van der Waals surface area contributed by atoms with E-state index >= 15 is 0 Å². The van der Waals surface area contributed by atoms with Gasteiger partial charge in [-0.3, -0.25) is 14.5 Å². The van der Waals surface area contributed by atoms with E-state index in [1.54, 1.807) is 42.0 Å². The summed E-state index contributed by atoms with van der Waals surface area (Å²) in [7, 11) is 3.27. The minimum absolute atomic E-state index is 0.00853. The van der Waals surface area contributed by atoms with E-state index in [0.29, 0.717) is 42.8 Å². The highest BCUT2D eigenvalue weighted by molar-refractivity contribution is 6.31. The SMILES string of the molecule is COc1ccc(Cl)cc1NC(=O)[C@@H](C)N(C)CC(=O)N1CCOCC1. The average molecular weight is 370 g/mol. The van der Waals surface area contributed by atoms with Crippen LogP contribution in [0.5, 0.6) is 5.75 Å². The average Bonchev–Trinajstić information content (AvgIpc) is 2.61. The van der Waals surface area contributed by atoms with Crippen molar-refractivity contribution in [3.8, 4) is 5.75 Å². The van der Waals surface area contributed by atoms with Crippen molar-refractivity contribution in [1.82, 2.24) is 9.80 Å². The zero-order chi connectivity index (χ0) is 18.4. The predicted octanol–water partition coefficient (Wildman–Crippen LogP) is 1.47. The van der Waals surface area contributed by atoms with Gasteiger partial charge in [-0.25, -0.2) is 0 Å². The molecule has 25 heavy (non-hydrogen) atoms. The van der Waals surface area contributed by atoms with E-state index in [0.717, 1.165) is 0 Å². The summed E-state index contributed by atoms with van der Waals surface area (Å²) in [6, 6.07) is 4.51. The fourth-order valence-electron chi connectivity index (χ4n) is 2.48. The zero-order valence-corrected chi connectivity index (χ0v) is 15.5. The first-order valence-electron chi connectivity index (χ1n) is 8.12. The summed E-state index contributed by atoms with van der Waals surface area (Å²) < 4.78 is 10.5. The number of benzene rings is 1. The molecule has 1 aliphatic heterocycles. The highest BCUT2D eigenvalue weighted by atomic mass is 35.5. The summed E-state index contributed by atoms with van der Waals surface area (Å²) in [6.45, 7) is 4.21. The van der Waals surface area contributed by atoms with E-state index in [1.165, 1.54) is 7.11 Å². The highest BCUT2D eigenvalue weighted by Crippen LogP contribution is 2.27. The molecule has 1 N–H and O–H groups in total. The minimum Gasteiger partial charge on any atom is -0.495 e. The summed E-state index contributed by atoms with van der Waals surface area (Å²) in [4.78, 5) is 28.3. The number of hydrogen-bond acceptors (Lipinski definition) is 5. The summed E-state index contributed by atoms with van der Waals surface area (Å²) in [5.41, 5.74) is 0.500. The number of amides is 2. The van der Waals surface area contributed by atoms with Crippen LogP contribution in [0.1, 0.15) is 6.92 Å². The van der Waals surface area contributed by atoms with Crippen molar-refractivity contribution in [2.45, 2.75) is 13.0 Å². The van der Waals surface area contributed by atoms with Gasteiger partial charge in [0.25, 0.3) is 0 Å². The van der Waals surface area contributed by atoms with Gasteiger partial charge in [0, 0.05) is 18.1 Å². The van der Waals surface area contributed by atoms with Gasteiger partial charge in [0.15, 0.2) is 0 Å². The van der Waals surface area contributed by atoms with E-state index < -0.39 is 6.04 Å². The third-order valence-electron chi connectivity index (χ3n) is 4.21. The van der Waals surface area contributed by atoms with Crippen LogP contribution in [0.25, 0.3) is 0 Å². The van der Waals surface area contributed by atoms with Gasteiger partial charge in [-0.1, -0.05) is 11.6 Å². The van der Waals surface area contributed by atoms with Crippen molar-refractivity contribution >= 4 is 29.1 Å². The van der Waals surface area contributed by atoms with E-state index in [1.807, 2.05) is 0 Å². The topological polar surface area (TPSA) is 71.1 Å². The molecule has 2 amide bonds. The molecule has 1 heterocycles. The number of rotatable bonds is 6. The quantitative estimate of drug-likeness (QED) is 0.822. The Kier molecular flexibility index (Phi) is 7.04. The van der Waals surface area contributed by atoms with Crippen LogP contribution in [0.3, 0.4) is 0 Å². The Bertz CT molecular complexity index is 620. The van der Waals surface area contributed by atoms with Gasteiger partial charge in [-0.15, -0.1) is 0 Å².